The zero-order valence-corrected chi connectivity index (χ0v) is 10.6. The molecule has 90 valence electrons. The molecule has 0 unspecified atom stereocenters. The number of pyridine rings is 2. The largest absolute Gasteiger partial charge is 0.337 e. The summed E-state index contributed by atoms with van der Waals surface area (Å²) in [5.41, 5.74) is 3.66. The van der Waals surface area contributed by atoms with Gasteiger partial charge in [0.25, 0.3) is 0 Å². The van der Waals surface area contributed by atoms with Crippen LogP contribution >= 0.6 is 11.6 Å². The Balaban J connectivity index is 1.88. The molecule has 3 rings (SSSR count). The van der Waals surface area contributed by atoms with Crippen LogP contribution in [0.3, 0.4) is 0 Å². The van der Waals surface area contributed by atoms with Crippen molar-refractivity contribution in [3.05, 3.63) is 52.6 Å². The summed E-state index contributed by atoms with van der Waals surface area (Å²) in [6, 6.07) is 5.79. The van der Waals surface area contributed by atoms with Crippen LogP contribution < -0.4 is 5.32 Å². The maximum absolute atomic E-state index is 6.04. The van der Waals surface area contributed by atoms with Crippen LogP contribution in [0.25, 0.3) is 0 Å². The van der Waals surface area contributed by atoms with Crippen molar-refractivity contribution in [1.29, 1.82) is 0 Å². The lowest BCUT2D eigenvalue weighted by Crippen LogP contribution is -2.13. The first kappa shape index (κ1) is 11.2. The lowest BCUT2D eigenvalue weighted by molar-refractivity contribution is 1.09. The minimum Gasteiger partial charge on any atom is -0.337 e. The Morgan fingerprint density at radius 2 is 2.22 bits per heavy atom. The van der Waals surface area contributed by atoms with Gasteiger partial charge in [0.1, 0.15) is 5.69 Å². The first-order chi connectivity index (χ1) is 8.74. The maximum atomic E-state index is 6.04. The molecule has 0 saturated heterocycles. The van der Waals surface area contributed by atoms with Crippen molar-refractivity contribution in [1.82, 2.24) is 9.97 Å². The molecule has 0 fully saturated rings. The molecule has 0 atom stereocenters. The molecule has 0 spiro atoms. The summed E-state index contributed by atoms with van der Waals surface area (Å²) in [6.07, 6.45) is 3.51. The minimum atomic E-state index is 0.639. The van der Waals surface area contributed by atoms with Gasteiger partial charge in [-0.15, -0.1) is 0 Å². The number of anilines is 1. The molecule has 0 bridgehead atoms. The summed E-state index contributed by atoms with van der Waals surface area (Å²) in [4.78, 5) is 13.0. The second kappa shape index (κ2) is 4.38. The smallest absolute Gasteiger partial charge is 0.152 e. The van der Waals surface area contributed by atoms with E-state index in [1.165, 1.54) is 0 Å². The summed E-state index contributed by atoms with van der Waals surface area (Å²) >= 11 is 6.04. The van der Waals surface area contributed by atoms with Gasteiger partial charge in [-0.25, -0.2) is 0 Å². The van der Waals surface area contributed by atoms with E-state index in [1.54, 1.807) is 12.4 Å². The predicted molar refractivity (Wildman–Crippen MR) is 72.1 cm³/mol. The van der Waals surface area contributed by atoms with Gasteiger partial charge in [-0.3, -0.25) is 15.0 Å². The Morgan fingerprint density at radius 1 is 1.33 bits per heavy atom. The van der Waals surface area contributed by atoms with Crippen LogP contribution in [0.15, 0.2) is 35.6 Å². The van der Waals surface area contributed by atoms with E-state index in [9.17, 15) is 0 Å². The standard InChI is InChI=1S/C13H11ClN4/c1-8-11(14)5-10(7-16-8)18-13-12-9(6-17-13)3-2-4-15-12/h2-5,7H,6H2,1H3,(H,17,18). The SMILES string of the molecule is Cc1ncc(NC2=NCc3cccnc32)cc1Cl. The third kappa shape index (κ3) is 1.95. The lowest BCUT2D eigenvalue weighted by Gasteiger charge is -2.07. The fraction of sp³-hybridized carbons (Fsp3) is 0.154. The Kier molecular flexibility index (Phi) is 2.72. The van der Waals surface area contributed by atoms with Crippen LogP contribution in [0.1, 0.15) is 17.0 Å². The van der Waals surface area contributed by atoms with Crippen molar-refractivity contribution in [3.8, 4) is 0 Å². The van der Waals surface area contributed by atoms with Crippen molar-refractivity contribution in [3.63, 3.8) is 0 Å². The first-order valence-electron chi connectivity index (χ1n) is 5.62. The van der Waals surface area contributed by atoms with Gasteiger partial charge in [-0.05, 0) is 19.1 Å². The second-order valence-electron chi connectivity index (χ2n) is 4.09. The molecule has 1 N–H and O–H groups in total. The topological polar surface area (TPSA) is 50.2 Å². The van der Waals surface area contributed by atoms with Crippen molar-refractivity contribution < 1.29 is 0 Å². The monoisotopic (exact) mass is 258 g/mol. The van der Waals surface area contributed by atoms with Gasteiger partial charge in [0, 0.05) is 11.8 Å². The zero-order valence-electron chi connectivity index (χ0n) is 9.81. The van der Waals surface area contributed by atoms with E-state index in [2.05, 4.69) is 20.3 Å². The van der Waals surface area contributed by atoms with E-state index in [0.29, 0.717) is 11.6 Å². The number of hydrogen-bond donors (Lipinski definition) is 1. The number of nitrogens with zero attached hydrogens (tertiary/aromatic N) is 3. The highest BCUT2D eigenvalue weighted by atomic mass is 35.5. The van der Waals surface area contributed by atoms with Gasteiger partial charge in [0.05, 0.1) is 29.1 Å². The zero-order chi connectivity index (χ0) is 12.5. The number of hydrogen-bond acceptors (Lipinski definition) is 4. The van der Waals surface area contributed by atoms with E-state index in [4.69, 9.17) is 11.6 Å². The normalized spacial score (nSPS) is 13.1. The van der Waals surface area contributed by atoms with Crippen molar-refractivity contribution in [2.75, 3.05) is 5.32 Å². The molecule has 0 aliphatic carbocycles. The van der Waals surface area contributed by atoms with Crippen molar-refractivity contribution in [2.24, 2.45) is 4.99 Å². The highest BCUT2D eigenvalue weighted by molar-refractivity contribution is 6.31. The fourth-order valence-electron chi connectivity index (χ4n) is 1.83. The van der Waals surface area contributed by atoms with E-state index >= 15 is 0 Å². The molecular weight excluding hydrogens is 248 g/mol. The molecule has 2 aromatic heterocycles. The number of nitrogens with one attached hydrogen (secondary N) is 1. The molecule has 0 radical (unpaired) electrons. The summed E-state index contributed by atoms with van der Waals surface area (Å²) in [5.74, 6) is 0.771. The molecule has 2 aromatic rings. The van der Waals surface area contributed by atoms with Crippen molar-refractivity contribution in [2.45, 2.75) is 13.5 Å². The van der Waals surface area contributed by atoms with Crippen LogP contribution in [-0.4, -0.2) is 15.8 Å². The number of halogens is 1. The molecule has 18 heavy (non-hydrogen) atoms. The number of amidine groups is 1. The predicted octanol–water partition coefficient (Wildman–Crippen LogP) is 2.81. The molecular formula is C13H11ClN4. The molecule has 4 nitrogen and oxygen atoms in total. The molecule has 0 aromatic carbocycles. The van der Waals surface area contributed by atoms with Gasteiger partial charge in [0.15, 0.2) is 5.84 Å². The molecule has 5 heteroatoms. The molecule has 1 aliphatic heterocycles. The van der Waals surface area contributed by atoms with Gasteiger partial charge in [-0.2, -0.15) is 0 Å². The maximum Gasteiger partial charge on any atom is 0.152 e. The number of rotatable bonds is 1. The summed E-state index contributed by atoms with van der Waals surface area (Å²) in [7, 11) is 0. The van der Waals surface area contributed by atoms with Crippen LogP contribution in [0.5, 0.6) is 0 Å². The Hall–Kier alpha value is -1.94. The highest BCUT2D eigenvalue weighted by Gasteiger charge is 2.16. The quantitative estimate of drug-likeness (QED) is 0.856. The summed E-state index contributed by atoms with van der Waals surface area (Å²) in [6.45, 7) is 2.54. The van der Waals surface area contributed by atoms with E-state index in [-0.39, 0.29) is 0 Å². The van der Waals surface area contributed by atoms with Crippen LogP contribution in [0.4, 0.5) is 5.69 Å². The Bertz CT molecular complexity index is 637. The van der Waals surface area contributed by atoms with E-state index in [1.807, 2.05) is 25.1 Å². The number of aliphatic imine (C=N–C) groups is 1. The average Bonchev–Trinajstić information content (AvgIpc) is 2.78. The lowest BCUT2D eigenvalue weighted by atomic mass is 10.2. The van der Waals surface area contributed by atoms with Gasteiger partial charge < -0.3 is 5.32 Å². The average molecular weight is 259 g/mol. The van der Waals surface area contributed by atoms with Gasteiger partial charge in [-0.1, -0.05) is 17.7 Å². The van der Waals surface area contributed by atoms with Gasteiger partial charge in [0.2, 0.25) is 0 Å². The van der Waals surface area contributed by atoms with Crippen molar-refractivity contribution >= 4 is 23.1 Å². The number of aryl methyl sites for hydroxylation is 1. The molecule has 3 heterocycles. The van der Waals surface area contributed by atoms with Crippen LogP contribution in [0, 0.1) is 6.92 Å². The second-order valence-corrected chi connectivity index (χ2v) is 4.50. The number of aromatic nitrogens is 2. The van der Waals surface area contributed by atoms with Crippen LogP contribution in [0.2, 0.25) is 5.02 Å². The molecule has 1 aliphatic rings. The summed E-state index contributed by atoms with van der Waals surface area (Å²) < 4.78 is 0. The van der Waals surface area contributed by atoms with E-state index in [0.717, 1.165) is 28.5 Å². The van der Waals surface area contributed by atoms with E-state index < -0.39 is 0 Å². The molecule has 0 saturated carbocycles. The summed E-state index contributed by atoms with van der Waals surface area (Å²) in [5, 5.41) is 3.84. The van der Waals surface area contributed by atoms with Gasteiger partial charge >= 0.3 is 0 Å². The minimum absolute atomic E-state index is 0.639. The highest BCUT2D eigenvalue weighted by Crippen LogP contribution is 2.21. The Labute approximate surface area is 110 Å². The fourth-order valence-corrected chi connectivity index (χ4v) is 1.99. The van der Waals surface area contributed by atoms with Crippen LogP contribution in [-0.2, 0) is 6.54 Å². The molecule has 0 amide bonds. The Morgan fingerprint density at radius 3 is 3.06 bits per heavy atom. The third-order valence-corrected chi connectivity index (χ3v) is 3.19. The number of fused-ring (bicyclic) bond motifs is 1. The third-order valence-electron chi connectivity index (χ3n) is 2.81. The first-order valence-corrected chi connectivity index (χ1v) is 6.00.